The summed E-state index contributed by atoms with van der Waals surface area (Å²) in [5.41, 5.74) is 0.686. The Labute approximate surface area is 107 Å². The molecule has 1 aromatic heterocycles. The summed E-state index contributed by atoms with van der Waals surface area (Å²) < 4.78 is 1.90. The number of nitrogens with zero attached hydrogens (tertiary/aromatic N) is 2. The van der Waals surface area contributed by atoms with Gasteiger partial charge in [0, 0.05) is 38.4 Å². The summed E-state index contributed by atoms with van der Waals surface area (Å²) in [5.74, 6) is 0.0766. The molecule has 1 aromatic rings. The topological polar surface area (TPSA) is 37.3 Å². The van der Waals surface area contributed by atoms with Gasteiger partial charge in [0.2, 0.25) is 0 Å². The SMILES string of the molecule is CCn1cc(Cl)cc1C(=O)N1CCNC[C@H]1C. The zero-order valence-corrected chi connectivity index (χ0v) is 11.0. The standard InChI is InChI=1S/C12H18ClN3O/c1-3-15-8-10(13)6-11(15)12(17)16-5-4-14-7-9(16)2/h6,8-9,14H,3-5,7H2,1-2H3/t9-/m1/s1. The third kappa shape index (κ3) is 2.48. The van der Waals surface area contributed by atoms with Gasteiger partial charge in [0.25, 0.3) is 5.91 Å². The van der Waals surface area contributed by atoms with Gasteiger partial charge in [-0.1, -0.05) is 11.6 Å². The Morgan fingerprint density at radius 1 is 1.65 bits per heavy atom. The number of hydrogen-bond donors (Lipinski definition) is 1. The molecule has 17 heavy (non-hydrogen) atoms. The van der Waals surface area contributed by atoms with Crippen LogP contribution in [0.2, 0.25) is 5.02 Å². The normalized spacial score (nSPS) is 20.6. The van der Waals surface area contributed by atoms with Crippen LogP contribution < -0.4 is 5.32 Å². The fraction of sp³-hybridized carbons (Fsp3) is 0.583. The Balaban J connectivity index is 2.23. The lowest BCUT2D eigenvalue weighted by Crippen LogP contribution is -2.52. The van der Waals surface area contributed by atoms with E-state index in [2.05, 4.69) is 12.2 Å². The van der Waals surface area contributed by atoms with Crippen LogP contribution in [0.5, 0.6) is 0 Å². The summed E-state index contributed by atoms with van der Waals surface area (Å²) in [4.78, 5) is 14.3. The lowest BCUT2D eigenvalue weighted by molar-refractivity contribution is 0.0645. The second-order valence-corrected chi connectivity index (χ2v) is 4.82. The Hall–Kier alpha value is -1.00. The average Bonchev–Trinajstić information content (AvgIpc) is 2.70. The smallest absolute Gasteiger partial charge is 0.270 e. The van der Waals surface area contributed by atoms with Crippen LogP contribution >= 0.6 is 11.6 Å². The van der Waals surface area contributed by atoms with Crippen molar-refractivity contribution in [2.45, 2.75) is 26.4 Å². The third-order valence-corrected chi connectivity index (χ3v) is 3.39. The van der Waals surface area contributed by atoms with Gasteiger partial charge in [-0.15, -0.1) is 0 Å². The number of rotatable bonds is 2. The molecular weight excluding hydrogens is 238 g/mol. The molecule has 2 heterocycles. The number of amides is 1. The van der Waals surface area contributed by atoms with Crippen LogP contribution in [-0.2, 0) is 6.54 Å². The first kappa shape index (κ1) is 12.5. The summed E-state index contributed by atoms with van der Waals surface area (Å²) >= 11 is 5.96. The Kier molecular flexibility index (Phi) is 3.74. The van der Waals surface area contributed by atoms with E-state index < -0.39 is 0 Å². The van der Waals surface area contributed by atoms with Crippen molar-refractivity contribution in [3.63, 3.8) is 0 Å². The minimum absolute atomic E-state index is 0.0766. The molecule has 4 nitrogen and oxygen atoms in total. The van der Waals surface area contributed by atoms with E-state index in [1.54, 1.807) is 6.07 Å². The largest absolute Gasteiger partial charge is 0.342 e. The van der Waals surface area contributed by atoms with Crippen molar-refractivity contribution in [3.05, 3.63) is 23.0 Å². The van der Waals surface area contributed by atoms with E-state index in [0.717, 1.165) is 26.2 Å². The molecule has 1 N–H and O–H groups in total. The Morgan fingerprint density at radius 2 is 2.41 bits per heavy atom. The molecule has 0 radical (unpaired) electrons. The van der Waals surface area contributed by atoms with Crippen molar-refractivity contribution in [2.75, 3.05) is 19.6 Å². The highest BCUT2D eigenvalue weighted by molar-refractivity contribution is 6.31. The summed E-state index contributed by atoms with van der Waals surface area (Å²) in [6.45, 7) is 7.29. The molecule has 0 spiro atoms. The van der Waals surface area contributed by atoms with E-state index in [-0.39, 0.29) is 11.9 Å². The average molecular weight is 256 g/mol. The minimum Gasteiger partial charge on any atom is -0.342 e. The number of carbonyl (C=O) groups excluding carboxylic acids is 1. The molecule has 2 rings (SSSR count). The molecule has 1 aliphatic heterocycles. The monoisotopic (exact) mass is 255 g/mol. The van der Waals surface area contributed by atoms with Crippen LogP contribution in [0.3, 0.4) is 0 Å². The van der Waals surface area contributed by atoms with Crippen molar-refractivity contribution in [2.24, 2.45) is 0 Å². The van der Waals surface area contributed by atoms with Crippen LogP contribution in [0.15, 0.2) is 12.3 Å². The predicted molar refractivity (Wildman–Crippen MR) is 68.5 cm³/mol. The molecule has 0 aliphatic carbocycles. The van der Waals surface area contributed by atoms with Crippen LogP contribution in [0, 0.1) is 0 Å². The Bertz CT molecular complexity index is 416. The van der Waals surface area contributed by atoms with Crippen LogP contribution in [0.25, 0.3) is 0 Å². The van der Waals surface area contributed by atoms with Gasteiger partial charge in [-0.3, -0.25) is 4.79 Å². The maximum atomic E-state index is 12.4. The van der Waals surface area contributed by atoms with E-state index in [1.807, 2.05) is 22.6 Å². The first-order valence-electron chi connectivity index (χ1n) is 6.01. The van der Waals surface area contributed by atoms with Crippen molar-refractivity contribution in [3.8, 4) is 0 Å². The lowest BCUT2D eigenvalue weighted by Gasteiger charge is -2.34. The number of halogens is 1. The number of piperazine rings is 1. The van der Waals surface area contributed by atoms with E-state index >= 15 is 0 Å². The molecule has 1 aliphatic rings. The van der Waals surface area contributed by atoms with Gasteiger partial charge in [0.05, 0.1) is 5.02 Å². The van der Waals surface area contributed by atoms with E-state index in [1.165, 1.54) is 0 Å². The maximum absolute atomic E-state index is 12.4. The molecule has 1 fully saturated rings. The molecule has 0 bridgehead atoms. The number of aryl methyl sites for hydroxylation is 1. The van der Waals surface area contributed by atoms with Gasteiger partial charge in [0.15, 0.2) is 0 Å². The highest BCUT2D eigenvalue weighted by atomic mass is 35.5. The summed E-state index contributed by atoms with van der Waals surface area (Å²) in [6.07, 6.45) is 1.81. The molecule has 1 amide bonds. The highest BCUT2D eigenvalue weighted by Crippen LogP contribution is 2.17. The van der Waals surface area contributed by atoms with Gasteiger partial charge >= 0.3 is 0 Å². The van der Waals surface area contributed by atoms with Crippen molar-refractivity contribution >= 4 is 17.5 Å². The molecule has 94 valence electrons. The van der Waals surface area contributed by atoms with E-state index in [9.17, 15) is 4.79 Å². The maximum Gasteiger partial charge on any atom is 0.270 e. The molecule has 1 atom stereocenters. The quantitative estimate of drug-likeness (QED) is 0.872. The fourth-order valence-corrected chi connectivity index (χ4v) is 2.43. The van der Waals surface area contributed by atoms with Gasteiger partial charge in [-0.25, -0.2) is 0 Å². The number of hydrogen-bond acceptors (Lipinski definition) is 2. The minimum atomic E-state index is 0.0766. The molecule has 5 heteroatoms. The highest BCUT2D eigenvalue weighted by Gasteiger charge is 2.26. The predicted octanol–water partition coefficient (Wildman–Crippen LogP) is 1.60. The fourth-order valence-electron chi connectivity index (χ4n) is 2.21. The third-order valence-electron chi connectivity index (χ3n) is 3.19. The zero-order chi connectivity index (χ0) is 12.4. The molecular formula is C12H18ClN3O. The van der Waals surface area contributed by atoms with Gasteiger partial charge in [-0.05, 0) is 19.9 Å². The first-order chi connectivity index (χ1) is 8.13. The molecule has 0 unspecified atom stereocenters. The molecule has 1 saturated heterocycles. The second-order valence-electron chi connectivity index (χ2n) is 4.38. The van der Waals surface area contributed by atoms with Crippen molar-refractivity contribution in [1.29, 1.82) is 0 Å². The molecule has 0 aromatic carbocycles. The van der Waals surface area contributed by atoms with Crippen LogP contribution in [0.1, 0.15) is 24.3 Å². The summed E-state index contributed by atoms with van der Waals surface area (Å²) in [5, 5.41) is 3.90. The Morgan fingerprint density at radius 3 is 3.06 bits per heavy atom. The second kappa shape index (κ2) is 5.10. The van der Waals surface area contributed by atoms with Crippen molar-refractivity contribution in [1.82, 2.24) is 14.8 Å². The van der Waals surface area contributed by atoms with Crippen LogP contribution in [-0.4, -0.2) is 41.1 Å². The number of nitrogens with one attached hydrogen (secondary N) is 1. The van der Waals surface area contributed by atoms with Gasteiger partial charge < -0.3 is 14.8 Å². The van der Waals surface area contributed by atoms with E-state index in [0.29, 0.717) is 10.7 Å². The van der Waals surface area contributed by atoms with Gasteiger partial charge in [-0.2, -0.15) is 0 Å². The lowest BCUT2D eigenvalue weighted by atomic mass is 10.2. The first-order valence-corrected chi connectivity index (χ1v) is 6.38. The van der Waals surface area contributed by atoms with Crippen molar-refractivity contribution < 1.29 is 4.79 Å². The van der Waals surface area contributed by atoms with Gasteiger partial charge in [0.1, 0.15) is 5.69 Å². The zero-order valence-electron chi connectivity index (χ0n) is 10.2. The van der Waals surface area contributed by atoms with E-state index in [4.69, 9.17) is 11.6 Å². The molecule has 0 saturated carbocycles. The number of aromatic nitrogens is 1. The summed E-state index contributed by atoms with van der Waals surface area (Å²) in [6, 6.07) is 1.98. The summed E-state index contributed by atoms with van der Waals surface area (Å²) in [7, 11) is 0. The number of carbonyl (C=O) groups is 1. The van der Waals surface area contributed by atoms with Crippen LogP contribution in [0.4, 0.5) is 0 Å².